The molecule has 0 bridgehead atoms. The van der Waals surface area contributed by atoms with E-state index in [1.54, 1.807) is 6.08 Å². The fraction of sp³-hybridized carbons (Fsp3) is 0.833. The molecule has 0 rings (SSSR count). The van der Waals surface area contributed by atoms with Crippen molar-refractivity contribution in [1.82, 2.24) is 5.32 Å². The smallest absolute Gasteiger partial charge is 0.305 e. The van der Waals surface area contributed by atoms with Crippen molar-refractivity contribution < 1.29 is 24.5 Å². The third kappa shape index (κ3) is 62.8. The highest BCUT2D eigenvalue weighted by Crippen LogP contribution is 2.18. The Morgan fingerprint density at radius 3 is 1.03 bits per heavy atom. The van der Waals surface area contributed by atoms with Gasteiger partial charge in [-0.2, -0.15) is 0 Å². The maximum Gasteiger partial charge on any atom is 0.305 e. The van der Waals surface area contributed by atoms with Gasteiger partial charge in [0.15, 0.2) is 0 Å². The second kappa shape index (κ2) is 67.1. The van der Waals surface area contributed by atoms with E-state index >= 15 is 0 Å². The first-order valence-corrected chi connectivity index (χ1v) is 34.6. The van der Waals surface area contributed by atoms with E-state index in [0.29, 0.717) is 19.4 Å². The Morgan fingerprint density at radius 2 is 0.667 bits per heavy atom. The molecule has 0 spiro atoms. The molecule has 0 saturated carbocycles. The molecule has 456 valence electrons. The Bertz CT molecular complexity index is 1350. The molecule has 2 unspecified atom stereocenters. The van der Waals surface area contributed by atoms with Crippen LogP contribution in [-0.4, -0.2) is 47.4 Å². The summed E-state index contributed by atoms with van der Waals surface area (Å²) in [7, 11) is 0. The molecule has 0 aliphatic heterocycles. The Hall–Kier alpha value is -2.44. The second-order valence-corrected chi connectivity index (χ2v) is 23.5. The number of hydrogen-bond donors (Lipinski definition) is 3. The maximum atomic E-state index is 12.5. The lowest BCUT2D eigenvalue weighted by Crippen LogP contribution is -2.45. The summed E-state index contributed by atoms with van der Waals surface area (Å²) in [6, 6.07) is -0.626. The van der Waals surface area contributed by atoms with Gasteiger partial charge in [0.25, 0.3) is 0 Å². The van der Waals surface area contributed by atoms with E-state index in [2.05, 4.69) is 67.8 Å². The Labute approximate surface area is 486 Å². The lowest BCUT2D eigenvalue weighted by atomic mass is 10.0. The molecule has 1 amide bonds. The van der Waals surface area contributed by atoms with Crippen molar-refractivity contribution in [2.45, 2.75) is 373 Å². The molecule has 3 N–H and O–H groups in total. The number of unbranched alkanes of at least 4 members (excludes halogenated alkanes) is 45. The van der Waals surface area contributed by atoms with E-state index in [0.717, 1.165) is 57.8 Å². The van der Waals surface area contributed by atoms with Crippen molar-refractivity contribution in [3.8, 4) is 0 Å². The van der Waals surface area contributed by atoms with E-state index < -0.39 is 12.1 Å². The Balaban J connectivity index is 3.38. The Kier molecular flexibility index (Phi) is 65.0. The molecule has 0 heterocycles. The first kappa shape index (κ1) is 75.6. The molecule has 0 aliphatic rings. The monoisotopic (exact) mass is 1090 g/mol. The zero-order chi connectivity index (χ0) is 56.4. The van der Waals surface area contributed by atoms with Gasteiger partial charge in [0, 0.05) is 12.8 Å². The summed E-state index contributed by atoms with van der Waals surface area (Å²) < 4.78 is 5.47. The average molecular weight is 1090 g/mol. The summed E-state index contributed by atoms with van der Waals surface area (Å²) >= 11 is 0. The third-order valence-electron chi connectivity index (χ3n) is 15.7. The number of aliphatic hydroxyl groups is 2. The van der Waals surface area contributed by atoms with Crippen LogP contribution in [0.4, 0.5) is 0 Å². The van der Waals surface area contributed by atoms with Crippen molar-refractivity contribution in [2.24, 2.45) is 0 Å². The molecule has 0 aromatic heterocycles. The van der Waals surface area contributed by atoms with Crippen molar-refractivity contribution in [2.75, 3.05) is 13.2 Å². The van der Waals surface area contributed by atoms with Gasteiger partial charge in [0.1, 0.15) is 0 Å². The predicted octanol–water partition coefficient (Wildman–Crippen LogP) is 22.3. The van der Waals surface area contributed by atoms with Crippen LogP contribution in [-0.2, 0) is 14.3 Å². The lowest BCUT2D eigenvalue weighted by Gasteiger charge is -2.20. The largest absolute Gasteiger partial charge is 0.466 e. The SMILES string of the molecule is CCC/C=C\C/C=C\CCCCCCCC(=O)OCCCCCCCCCCCCC/C=C\C/C=C\CCCCCCCCCCCCCCCCCCCC(=O)NC(CO)C(O)/C=C/CCCCCCCCCCCCC. The molecule has 6 heteroatoms. The number of esters is 1. The topological polar surface area (TPSA) is 95.9 Å². The number of amides is 1. The normalized spacial score (nSPS) is 12.9. The third-order valence-corrected chi connectivity index (χ3v) is 15.7. The molecule has 0 radical (unpaired) electrons. The van der Waals surface area contributed by atoms with Gasteiger partial charge in [-0.15, -0.1) is 0 Å². The molecule has 2 atom stereocenters. The summed E-state index contributed by atoms with van der Waals surface area (Å²) in [5.74, 6) is -0.0645. The minimum absolute atomic E-state index is 0.000762. The predicted molar refractivity (Wildman–Crippen MR) is 342 cm³/mol. The van der Waals surface area contributed by atoms with E-state index in [-0.39, 0.29) is 18.5 Å². The molecule has 78 heavy (non-hydrogen) atoms. The second-order valence-electron chi connectivity index (χ2n) is 23.5. The van der Waals surface area contributed by atoms with Crippen LogP contribution in [0.2, 0.25) is 0 Å². The van der Waals surface area contributed by atoms with Crippen LogP contribution in [0.3, 0.4) is 0 Å². The van der Waals surface area contributed by atoms with Crippen LogP contribution in [0.15, 0.2) is 60.8 Å². The fourth-order valence-electron chi connectivity index (χ4n) is 10.5. The number of ether oxygens (including phenoxy) is 1. The number of allylic oxidation sites excluding steroid dienone is 9. The molecule has 0 fully saturated rings. The average Bonchev–Trinajstić information content (AvgIpc) is 3.44. The zero-order valence-electron chi connectivity index (χ0n) is 52.1. The number of carbonyl (C=O) groups is 2. The zero-order valence-corrected chi connectivity index (χ0v) is 52.1. The van der Waals surface area contributed by atoms with Crippen LogP contribution < -0.4 is 5.32 Å². The highest BCUT2D eigenvalue weighted by Gasteiger charge is 2.18. The first-order chi connectivity index (χ1) is 38.5. The molecule has 0 aliphatic carbocycles. The molecule has 0 saturated heterocycles. The molecule has 0 aromatic carbocycles. The van der Waals surface area contributed by atoms with Gasteiger partial charge in [-0.25, -0.2) is 0 Å². The first-order valence-electron chi connectivity index (χ1n) is 34.6. The summed E-state index contributed by atoms with van der Waals surface area (Å²) in [5, 5.41) is 23.1. The van der Waals surface area contributed by atoms with Gasteiger partial charge in [0.2, 0.25) is 5.91 Å². The van der Waals surface area contributed by atoms with Crippen molar-refractivity contribution in [1.29, 1.82) is 0 Å². The molecule has 0 aromatic rings. The maximum absolute atomic E-state index is 12.5. The summed E-state index contributed by atoms with van der Waals surface area (Å²) in [6.45, 7) is 4.84. The Morgan fingerprint density at radius 1 is 0.359 bits per heavy atom. The van der Waals surface area contributed by atoms with Crippen molar-refractivity contribution >= 4 is 11.9 Å². The highest BCUT2D eigenvalue weighted by molar-refractivity contribution is 5.76. The van der Waals surface area contributed by atoms with Gasteiger partial charge in [-0.3, -0.25) is 9.59 Å². The molecule has 6 nitrogen and oxygen atoms in total. The molecular weight excluding hydrogens is 959 g/mol. The van der Waals surface area contributed by atoms with Gasteiger partial charge in [0.05, 0.1) is 25.4 Å². The minimum Gasteiger partial charge on any atom is -0.466 e. The summed E-state index contributed by atoms with van der Waals surface area (Å²) in [6.07, 6.45) is 88.8. The van der Waals surface area contributed by atoms with Crippen molar-refractivity contribution in [3.63, 3.8) is 0 Å². The fourth-order valence-corrected chi connectivity index (χ4v) is 10.5. The number of nitrogens with one attached hydrogen (secondary N) is 1. The van der Waals surface area contributed by atoms with E-state index in [1.807, 2.05) is 6.08 Å². The number of hydrogen-bond acceptors (Lipinski definition) is 5. The van der Waals surface area contributed by atoms with Crippen molar-refractivity contribution in [3.05, 3.63) is 60.8 Å². The van der Waals surface area contributed by atoms with E-state index in [1.165, 1.54) is 276 Å². The standard InChI is InChI=1S/C72H133NO5/c1-3-5-7-9-11-13-15-40-44-48-52-56-60-64-70(75)69(68-74)73-71(76)65-61-57-53-49-45-42-38-36-34-32-30-28-26-24-22-20-18-17-19-21-23-25-27-29-31-33-35-37-39-43-47-51-55-59-63-67-78-72(77)66-62-58-54-50-46-41-16-14-12-10-8-6-4-2/h8,10,14,16,19,21,25,27,60,64,69-70,74-75H,3-7,9,11-13,15,17-18,20,22-24,26,28-59,61-63,65-68H2,1-2H3,(H,73,76)/b10-8-,16-14-,21-19-,27-25-,64-60+. The molecular formula is C72H133NO5. The van der Waals surface area contributed by atoms with E-state index in [4.69, 9.17) is 4.74 Å². The van der Waals surface area contributed by atoms with Crippen LogP contribution in [0.1, 0.15) is 361 Å². The summed E-state index contributed by atoms with van der Waals surface area (Å²) in [5.41, 5.74) is 0. The number of aliphatic hydroxyl groups excluding tert-OH is 2. The minimum atomic E-state index is -0.843. The van der Waals surface area contributed by atoms with Crippen LogP contribution in [0, 0.1) is 0 Å². The van der Waals surface area contributed by atoms with Crippen LogP contribution in [0.5, 0.6) is 0 Å². The van der Waals surface area contributed by atoms with E-state index in [9.17, 15) is 19.8 Å². The highest BCUT2D eigenvalue weighted by atomic mass is 16.5. The van der Waals surface area contributed by atoms with Gasteiger partial charge in [-0.1, -0.05) is 319 Å². The van der Waals surface area contributed by atoms with Gasteiger partial charge in [-0.05, 0) is 89.9 Å². The number of rotatable bonds is 64. The summed E-state index contributed by atoms with van der Waals surface area (Å²) in [4.78, 5) is 24.5. The van der Waals surface area contributed by atoms with Gasteiger partial charge >= 0.3 is 5.97 Å². The lowest BCUT2D eigenvalue weighted by molar-refractivity contribution is -0.143. The van der Waals surface area contributed by atoms with Crippen LogP contribution >= 0.6 is 0 Å². The van der Waals surface area contributed by atoms with Gasteiger partial charge < -0.3 is 20.3 Å². The number of carbonyl (C=O) groups excluding carboxylic acids is 2. The van der Waals surface area contributed by atoms with Crippen LogP contribution in [0.25, 0.3) is 0 Å². The quantitative estimate of drug-likeness (QED) is 0.0320.